The highest BCUT2D eigenvalue weighted by Crippen LogP contribution is 2.12. The lowest BCUT2D eigenvalue weighted by molar-refractivity contribution is 0.248. The minimum atomic E-state index is 0.850. The zero-order chi connectivity index (χ0) is 13.8. The summed E-state index contributed by atoms with van der Waals surface area (Å²) in [6.45, 7) is 7.27. The molecule has 4 nitrogen and oxygen atoms in total. The van der Waals surface area contributed by atoms with E-state index in [2.05, 4.69) is 51.0 Å². The van der Waals surface area contributed by atoms with Gasteiger partial charge in [0.15, 0.2) is 0 Å². The van der Waals surface area contributed by atoms with Crippen LogP contribution in [0.15, 0.2) is 42.7 Å². The molecule has 0 aliphatic carbocycles. The maximum Gasteiger partial charge on any atom is 0.225 e. The van der Waals surface area contributed by atoms with Gasteiger partial charge < -0.3 is 4.90 Å². The number of hydrogen-bond donors (Lipinski definition) is 0. The largest absolute Gasteiger partial charge is 0.338 e. The molecule has 0 saturated carbocycles. The zero-order valence-electron chi connectivity index (χ0n) is 11.9. The van der Waals surface area contributed by atoms with E-state index < -0.39 is 0 Å². The summed E-state index contributed by atoms with van der Waals surface area (Å²) in [5.74, 6) is 0.850. The second-order valence-electron chi connectivity index (χ2n) is 5.30. The molecule has 1 aromatic heterocycles. The molecule has 0 radical (unpaired) electrons. The molecule has 0 atom stereocenters. The van der Waals surface area contributed by atoms with E-state index >= 15 is 0 Å². The fourth-order valence-electron chi connectivity index (χ4n) is 2.51. The summed E-state index contributed by atoms with van der Waals surface area (Å²) in [5.41, 5.74) is 2.71. The Bertz CT molecular complexity index is 530. The fourth-order valence-corrected chi connectivity index (χ4v) is 2.51. The lowest BCUT2D eigenvalue weighted by atomic mass is 10.1. The Morgan fingerprint density at radius 2 is 1.60 bits per heavy atom. The first-order chi connectivity index (χ1) is 9.81. The van der Waals surface area contributed by atoms with E-state index in [-0.39, 0.29) is 0 Å². The highest BCUT2D eigenvalue weighted by atomic mass is 15.3. The maximum absolute atomic E-state index is 4.32. The summed E-state index contributed by atoms with van der Waals surface area (Å²) in [6, 6.07) is 10.7. The van der Waals surface area contributed by atoms with Gasteiger partial charge in [-0.1, -0.05) is 29.8 Å². The minimum absolute atomic E-state index is 0.850. The molecule has 2 heterocycles. The van der Waals surface area contributed by atoms with Crippen molar-refractivity contribution in [3.63, 3.8) is 0 Å². The Kier molecular flexibility index (Phi) is 3.92. The summed E-state index contributed by atoms with van der Waals surface area (Å²) in [4.78, 5) is 13.4. The van der Waals surface area contributed by atoms with Crippen molar-refractivity contribution in [3.05, 3.63) is 53.9 Å². The summed E-state index contributed by atoms with van der Waals surface area (Å²) in [5, 5.41) is 0. The molecule has 0 N–H and O–H groups in total. The van der Waals surface area contributed by atoms with E-state index in [0.717, 1.165) is 38.7 Å². The van der Waals surface area contributed by atoms with Gasteiger partial charge in [0.2, 0.25) is 5.95 Å². The minimum Gasteiger partial charge on any atom is -0.338 e. The van der Waals surface area contributed by atoms with Crippen molar-refractivity contribution < 1.29 is 0 Å². The van der Waals surface area contributed by atoms with Crippen LogP contribution < -0.4 is 4.90 Å². The molecule has 20 heavy (non-hydrogen) atoms. The molecule has 1 aromatic carbocycles. The standard InChI is InChI=1S/C16H20N4/c1-14-3-5-15(6-4-14)13-19-9-11-20(12-10-19)16-17-7-2-8-18-16/h2-8H,9-13H2,1H3. The summed E-state index contributed by atoms with van der Waals surface area (Å²) >= 11 is 0. The van der Waals surface area contributed by atoms with E-state index in [1.54, 1.807) is 12.4 Å². The Balaban J connectivity index is 1.55. The number of aromatic nitrogens is 2. The average molecular weight is 268 g/mol. The first-order valence-corrected chi connectivity index (χ1v) is 7.11. The van der Waals surface area contributed by atoms with Crippen molar-refractivity contribution in [1.29, 1.82) is 0 Å². The number of piperazine rings is 1. The van der Waals surface area contributed by atoms with Crippen LogP contribution in [0.2, 0.25) is 0 Å². The van der Waals surface area contributed by atoms with Crippen molar-refractivity contribution in [3.8, 4) is 0 Å². The van der Waals surface area contributed by atoms with Crippen LogP contribution in [0.25, 0.3) is 0 Å². The normalized spacial score (nSPS) is 16.4. The molecule has 1 saturated heterocycles. The number of anilines is 1. The predicted molar refractivity (Wildman–Crippen MR) is 80.7 cm³/mol. The molecule has 0 spiro atoms. The van der Waals surface area contributed by atoms with Crippen molar-refractivity contribution in [2.75, 3.05) is 31.1 Å². The molecular weight excluding hydrogens is 248 g/mol. The van der Waals surface area contributed by atoms with Gasteiger partial charge in [-0.2, -0.15) is 0 Å². The van der Waals surface area contributed by atoms with E-state index in [1.807, 2.05) is 6.07 Å². The predicted octanol–water partition coefficient (Wildman–Crippen LogP) is 2.11. The molecule has 2 aromatic rings. The first kappa shape index (κ1) is 13.1. The van der Waals surface area contributed by atoms with Crippen molar-refractivity contribution >= 4 is 5.95 Å². The molecule has 4 heteroatoms. The lowest BCUT2D eigenvalue weighted by Gasteiger charge is -2.34. The van der Waals surface area contributed by atoms with Crippen molar-refractivity contribution in [2.24, 2.45) is 0 Å². The van der Waals surface area contributed by atoms with Crippen LogP contribution >= 0.6 is 0 Å². The Morgan fingerprint density at radius 3 is 2.25 bits per heavy atom. The van der Waals surface area contributed by atoms with Gasteiger partial charge in [-0.3, -0.25) is 4.90 Å². The average Bonchev–Trinajstić information content (AvgIpc) is 2.51. The third-order valence-corrected chi connectivity index (χ3v) is 3.73. The fraction of sp³-hybridized carbons (Fsp3) is 0.375. The van der Waals surface area contributed by atoms with E-state index in [0.29, 0.717) is 0 Å². The molecule has 1 fully saturated rings. The zero-order valence-corrected chi connectivity index (χ0v) is 11.9. The van der Waals surface area contributed by atoms with Crippen molar-refractivity contribution in [1.82, 2.24) is 14.9 Å². The number of nitrogens with zero attached hydrogens (tertiary/aromatic N) is 4. The molecule has 0 amide bonds. The van der Waals surface area contributed by atoms with Crippen LogP contribution in [-0.4, -0.2) is 41.0 Å². The smallest absolute Gasteiger partial charge is 0.225 e. The molecular formula is C16H20N4. The summed E-state index contributed by atoms with van der Waals surface area (Å²) in [7, 11) is 0. The number of rotatable bonds is 3. The second-order valence-corrected chi connectivity index (χ2v) is 5.30. The van der Waals surface area contributed by atoms with Crippen LogP contribution in [0.1, 0.15) is 11.1 Å². The lowest BCUT2D eigenvalue weighted by Crippen LogP contribution is -2.46. The van der Waals surface area contributed by atoms with Gasteiger partial charge in [0.05, 0.1) is 0 Å². The molecule has 1 aliphatic rings. The number of hydrogen-bond acceptors (Lipinski definition) is 4. The van der Waals surface area contributed by atoms with Crippen LogP contribution in [0.3, 0.4) is 0 Å². The topological polar surface area (TPSA) is 32.3 Å². The highest BCUT2D eigenvalue weighted by Gasteiger charge is 2.18. The third kappa shape index (κ3) is 3.14. The van der Waals surface area contributed by atoms with Crippen LogP contribution in [0, 0.1) is 6.92 Å². The van der Waals surface area contributed by atoms with Gasteiger partial charge in [0, 0.05) is 45.1 Å². The molecule has 0 unspecified atom stereocenters. The quantitative estimate of drug-likeness (QED) is 0.853. The molecule has 1 aliphatic heterocycles. The summed E-state index contributed by atoms with van der Waals surface area (Å²) < 4.78 is 0. The highest BCUT2D eigenvalue weighted by molar-refractivity contribution is 5.29. The maximum atomic E-state index is 4.32. The first-order valence-electron chi connectivity index (χ1n) is 7.11. The van der Waals surface area contributed by atoms with E-state index in [9.17, 15) is 0 Å². The van der Waals surface area contributed by atoms with Crippen LogP contribution in [-0.2, 0) is 6.54 Å². The Morgan fingerprint density at radius 1 is 0.950 bits per heavy atom. The summed E-state index contributed by atoms with van der Waals surface area (Å²) in [6.07, 6.45) is 3.61. The van der Waals surface area contributed by atoms with Gasteiger partial charge >= 0.3 is 0 Å². The van der Waals surface area contributed by atoms with E-state index in [4.69, 9.17) is 0 Å². The monoisotopic (exact) mass is 268 g/mol. The van der Waals surface area contributed by atoms with Crippen LogP contribution in [0.4, 0.5) is 5.95 Å². The van der Waals surface area contributed by atoms with Crippen LogP contribution in [0.5, 0.6) is 0 Å². The Hall–Kier alpha value is -1.94. The van der Waals surface area contributed by atoms with Gasteiger partial charge in [0.25, 0.3) is 0 Å². The second kappa shape index (κ2) is 6.01. The Labute approximate surface area is 120 Å². The van der Waals surface area contributed by atoms with Crippen molar-refractivity contribution in [2.45, 2.75) is 13.5 Å². The molecule has 3 rings (SSSR count). The van der Waals surface area contributed by atoms with Gasteiger partial charge in [0.1, 0.15) is 0 Å². The molecule has 104 valence electrons. The van der Waals surface area contributed by atoms with Gasteiger partial charge in [-0.05, 0) is 18.6 Å². The number of benzene rings is 1. The molecule has 0 bridgehead atoms. The van der Waals surface area contributed by atoms with Gasteiger partial charge in [-0.25, -0.2) is 9.97 Å². The van der Waals surface area contributed by atoms with Gasteiger partial charge in [-0.15, -0.1) is 0 Å². The van der Waals surface area contributed by atoms with E-state index in [1.165, 1.54) is 11.1 Å². The third-order valence-electron chi connectivity index (χ3n) is 3.73. The number of aryl methyl sites for hydroxylation is 1. The SMILES string of the molecule is Cc1ccc(CN2CCN(c3ncccn3)CC2)cc1.